The number of nitro benzene ring substituents is 1. The van der Waals surface area contributed by atoms with Gasteiger partial charge in [0.1, 0.15) is 5.75 Å². The molecule has 0 radical (unpaired) electrons. The molecule has 0 aliphatic rings. The second-order valence-corrected chi connectivity index (χ2v) is 4.25. The maximum atomic E-state index is 10.3. The summed E-state index contributed by atoms with van der Waals surface area (Å²) >= 11 is 0. The number of aliphatic hydroxyl groups is 1. The summed E-state index contributed by atoms with van der Waals surface area (Å²) in [6.45, 7) is 0. The van der Waals surface area contributed by atoms with Crippen LogP contribution in [0, 0.1) is 10.1 Å². The van der Waals surface area contributed by atoms with Crippen LogP contribution < -0.4 is 0 Å². The Morgan fingerprint density at radius 2 is 1.38 bits per heavy atom. The van der Waals surface area contributed by atoms with Gasteiger partial charge in [-0.1, -0.05) is 0 Å². The first kappa shape index (κ1) is 24.0. The summed E-state index contributed by atoms with van der Waals surface area (Å²) in [5.41, 5.74) is -2.75. The van der Waals surface area contributed by atoms with Gasteiger partial charge in [-0.05, 0) is 12.1 Å². The van der Waals surface area contributed by atoms with E-state index in [1.807, 2.05) is 0 Å². The number of hydrogen-bond acceptors (Lipinski definition) is 7. The number of nitro groups is 1. The van der Waals surface area contributed by atoms with Gasteiger partial charge in [-0.2, -0.15) is 0 Å². The quantitative estimate of drug-likeness (QED) is 0.250. The first-order chi connectivity index (χ1) is 10.5. The van der Waals surface area contributed by atoms with E-state index in [0.29, 0.717) is 0 Å². The fraction of sp³-hybridized carbons (Fsp3) is 0.250. The molecule has 0 fully saturated rings. The summed E-state index contributed by atoms with van der Waals surface area (Å²) in [5.74, 6) is -4.99. The second kappa shape index (κ2) is 10.5. The number of aromatic hydroxyl groups is 1. The predicted molar refractivity (Wildman–Crippen MR) is 79.0 cm³/mol. The van der Waals surface area contributed by atoms with E-state index < -0.39 is 41.3 Å². The van der Waals surface area contributed by atoms with Crippen LogP contribution in [0.5, 0.6) is 5.75 Å². The third-order valence-corrected chi connectivity index (χ3v) is 2.35. The van der Waals surface area contributed by atoms with Crippen molar-refractivity contribution < 1.29 is 44.8 Å². The van der Waals surface area contributed by atoms with Gasteiger partial charge in [0, 0.05) is 12.1 Å². The number of phenolic OH excluding ortho intramolecular Hbond substituents is 1. The number of carbonyl (C=O) groups is 3. The molecule has 128 valence electrons. The molecule has 0 saturated carbocycles. The van der Waals surface area contributed by atoms with E-state index in [1.54, 1.807) is 0 Å². The monoisotopic (exact) mass is 355 g/mol. The summed E-state index contributed by atoms with van der Waals surface area (Å²) in [4.78, 5) is 40.0. The first-order valence-electron chi connectivity index (χ1n) is 5.80. The van der Waals surface area contributed by atoms with Crippen LogP contribution in [0.1, 0.15) is 12.8 Å². The van der Waals surface area contributed by atoms with E-state index in [1.165, 1.54) is 24.3 Å². The number of nitrogens with zero attached hydrogens (tertiary/aromatic N) is 1. The van der Waals surface area contributed by atoms with Crippen LogP contribution in [0.25, 0.3) is 0 Å². The van der Waals surface area contributed by atoms with Crippen LogP contribution in [-0.4, -0.2) is 83.5 Å². The van der Waals surface area contributed by atoms with E-state index in [4.69, 9.17) is 25.5 Å². The molecule has 0 aliphatic carbocycles. The van der Waals surface area contributed by atoms with E-state index in [-0.39, 0.29) is 41.0 Å². The molecule has 0 spiro atoms. The molecule has 0 heterocycles. The molecule has 0 aromatic heterocycles. The van der Waals surface area contributed by atoms with E-state index in [0.717, 1.165) is 0 Å². The zero-order valence-corrected chi connectivity index (χ0v) is 11.4. The molecule has 0 saturated heterocycles. The summed E-state index contributed by atoms with van der Waals surface area (Å²) < 4.78 is 0. The number of carboxylic acids is 3. The number of benzene rings is 1. The van der Waals surface area contributed by atoms with E-state index >= 15 is 0 Å². The Morgan fingerprint density at radius 1 is 1.00 bits per heavy atom. The first-order valence-corrected chi connectivity index (χ1v) is 5.80. The SMILES string of the molecule is O=C(O)CC(O)(CC(=O)O)C(=O)O.O=[N+]([O-])c1ccc(O)cc1.[NaH]. The fourth-order valence-corrected chi connectivity index (χ4v) is 1.29. The van der Waals surface area contributed by atoms with Gasteiger partial charge >= 0.3 is 47.5 Å². The van der Waals surface area contributed by atoms with Gasteiger partial charge in [0.2, 0.25) is 0 Å². The van der Waals surface area contributed by atoms with Crippen molar-refractivity contribution in [1.29, 1.82) is 0 Å². The average Bonchev–Trinajstić information content (AvgIpc) is 2.37. The molecule has 1 rings (SSSR count). The van der Waals surface area contributed by atoms with Crippen molar-refractivity contribution in [3.05, 3.63) is 34.4 Å². The molecule has 0 atom stereocenters. The maximum absolute atomic E-state index is 10.3. The Bertz CT molecular complexity index is 584. The number of non-ortho nitro benzene ring substituents is 1. The van der Waals surface area contributed by atoms with Gasteiger partial charge in [-0.25, -0.2) is 4.79 Å². The Kier molecular flexibility index (Phi) is 10.6. The Morgan fingerprint density at radius 3 is 1.62 bits per heavy atom. The molecular weight excluding hydrogens is 341 g/mol. The number of rotatable bonds is 6. The van der Waals surface area contributed by atoms with Crippen molar-refractivity contribution in [3.8, 4) is 5.75 Å². The standard InChI is InChI=1S/C6H5NO3.C6H8O7.Na.H/c8-6-3-1-5(2-4-6)7(9)10;7-3(8)1-6(13,5(11)12)2-4(9)10;;/h1-4,8H;13H,1-2H2,(H,7,8)(H,9,10)(H,11,12);;. The van der Waals surface area contributed by atoms with Crippen LogP contribution in [0.2, 0.25) is 0 Å². The van der Waals surface area contributed by atoms with Gasteiger partial charge in [-0.15, -0.1) is 0 Å². The van der Waals surface area contributed by atoms with Crippen LogP contribution in [0.4, 0.5) is 5.69 Å². The average molecular weight is 355 g/mol. The summed E-state index contributed by atoms with van der Waals surface area (Å²) in [7, 11) is 0. The molecule has 0 aliphatic heterocycles. The summed E-state index contributed by atoms with van der Waals surface area (Å²) in [5, 5.41) is 52.6. The fourth-order valence-electron chi connectivity index (χ4n) is 1.29. The third-order valence-electron chi connectivity index (χ3n) is 2.35. The van der Waals surface area contributed by atoms with Crippen LogP contribution in [0.3, 0.4) is 0 Å². The van der Waals surface area contributed by atoms with Gasteiger partial charge in [0.05, 0.1) is 17.8 Å². The second-order valence-electron chi connectivity index (χ2n) is 4.25. The van der Waals surface area contributed by atoms with Crippen LogP contribution >= 0.6 is 0 Å². The Hall–Kier alpha value is -2.21. The van der Waals surface area contributed by atoms with Crippen molar-refractivity contribution in [2.75, 3.05) is 0 Å². The Labute approximate surface area is 156 Å². The Balaban J connectivity index is 0. The number of phenols is 1. The molecule has 1 aromatic rings. The third kappa shape index (κ3) is 9.05. The molecule has 12 heteroatoms. The predicted octanol–water partition coefficient (Wildman–Crippen LogP) is -0.597. The molecule has 0 amide bonds. The molecule has 24 heavy (non-hydrogen) atoms. The van der Waals surface area contributed by atoms with E-state index in [9.17, 15) is 24.5 Å². The molecular formula is C12H14NNaO10. The minimum absolute atomic E-state index is 0. The van der Waals surface area contributed by atoms with Crippen LogP contribution in [0.15, 0.2) is 24.3 Å². The van der Waals surface area contributed by atoms with Gasteiger partial charge < -0.3 is 25.5 Å². The van der Waals surface area contributed by atoms with Crippen molar-refractivity contribution in [2.24, 2.45) is 0 Å². The zero-order valence-electron chi connectivity index (χ0n) is 11.4. The number of aliphatic carboxylic acids is 3. The molecule has 0 unspecified atom stereocenters. The van der Waals surface area contributed by atoms with Gasteiger partial charge in [0.15, 0.2) is 5.60 Å². The van der Waals surface area contributed by atoms with Crippen LogP contribution in [-0.2, 0) is 14.4 Å². The van der Waals surface area contributed by atoms with Crippen molar-refractivity contribution in [3.63, 3.8) is 0 Å². The summed E-state index contributed by atoms with van der Waals surface area (Å²) in [6, 6.07) is 5.04. The molecule has 11 nitrogen and oxygen atoms in total. The number of hydrogen-bond donors (Lipinski definition) is 5. The van der Waals surface area contributed by atoms with E-state index in [2.05, 4.69) is 0 Å². The van der Waals surface area contributed by atoms with Crippen molar-refractivity contribution >= 4 is 53.2 Å². The molecule has 0 bridgehead atoms. The zero-order chi connectivity index (χ0) is 18.2. The van der Waals surface area contributed by atoms with Crippen molar-refractivity contribution in [1.82, 2.24) is 0 Å². The molecule has 5 N–H and O–H groups in total. The summed E-state index contributed by atoms with van der Waals surface area (Å²) in [6.07, 6.45) is -2.29. The van der Waals surface area contributed by atoms with Gasteiger partial charge in [0.25, 0.3) is 5.69 Å². The molecule has 1 aromatic carbocycles. The minimum atomic E-state index is -2.74. The van der Waals surface area contributed by atoms with Gasteiger partial charge in [-0.3, -0.25) is 19.7 Å². The number of carboxylic acid groups (broad SMARTS) is 3. The van der Waals surface area contributed by atoms with Crippen molar-refractivity contribution in [2.45, 2.75) is 18.4 Å². The topological polar surface area (TPSA) is 195 Å². The normalized spacial score (nSPS) is 9.71.